The summed E-state index contributed by atoms with van der Waals surface area (Å²) in [5, 5.41) is 11.8. The lowest BCUT2D eigenvalue weighted by Gasteiger charge is -2.51. The van der Waals surface area contributed by atoms with E-state index in [1.807, 2.05) is 18.7 Å². The van der Waals surface area contributed by atoms with Gasteiger partial charge in [-0.25, -0.2) is 0 Å². The summed E-state index contributed by atoms with van der Waals surface area (Å²) in [6, 6.07) is 1.59. The minimum Gasteiger partial charge on any atom is -0.387 e. The van der Waals surface area contributed by atoms with Gasteiger partial charge in [-0.1, -0.05) is 52.9 Å². The van der Waals surface area contributed by atoms with Gasteiger partial charge in [0, 0.05) is 50.8 Å². The number of hydrogen-bond acceptors (Lipinski definition) is 4. The first-order chi connectivity index (χ1) is 16.9. The van der Waals surface area contributed by atoms with E-state index in [-0.39, 0.29) is 35.8 Å². The lowest BCUT2D eigenvalue weighted by molar-refractivity contribution is -0.157. The molecule has 0 radical (unpaired) electrons. The maximum Gasteiger partial charge on any atom is 0.255 e. The first kappa shape index (κ1) is 26.9. The molecular weight excluding hydrogens is 454 g/mol. The molecule has 3 fully saturated rings. The molecule has 7 heteroatoms. The van der Waals surface area contributed by atoms with Gasteiger partial charge < -0.3 is 19.5 Å². The fourth-order valence-electron chi connectivity index (χ4n) is 6.32. The van der Waals surface area contributed by atoms with Crippen molar-refractivity contribution in [1.82, 2.24) is 14.4 Å². The summed E-state index contributed by atoms with van der Waals surface area (Å²) in [6.07, 6.45) is 11.3. The van der Waals surface area contributed by atoms with Crippen LogP contribution in [0.1, 0.15) is 100 Å². The van der Waals surface area contributed by atoms with Gasteiger partial charge in [0.25, 0.3) is 11.5 Å². The minimum absolute atomic E-state index is 0.00714. The Balaban J connectivity index is 1.49. The van der Waals surface area contributed by atoms with Crippen LogP contribution in [0.3, 0.4) is 0 Å². The molecule has 1 aliphatic heterocycles. The van der Waals surface area contributed by atoms with Crippen molar-refractivity contribution in [2.75, 3.05) is 27.2 Å². The third kappa shape index (κ3) is 5.56. The van der Waals surface area contributed by atoms with Gasteiger partial charge in [-0.2, -0.15) is 0 Å². The molecule has 1 aromatic heterocycles. The van der Waals surface area contributed by atoms with E-state index in [1.54, 1.807) is 26.4 Å². The van der Waals surface area contributed by atoms with Gasteiger partial charge in [0.2, 0.25) is 5.91 Å². The molecule has 0 aromatic carbocycles. The minimum atomic E-state index is -1.17. The van der Waals surface area contributed by atoms with Crippen LogP contribution in [0.5, 0.6) is 0 Å². The van der Waals surface area contributed by atoms with Crippen molar-refractivity contribution in [3.63, 3.8) is 0 Å². The van der Waals surface area contributed by atoms with Crippen LogP contribution in [0.25, 0.3) is 0 Å². The molecule has 2 heterocycles. The van der Waals surface area contributed by atoms with E-state index in [9.17, 15) is 19.5 Å². The average Bonchev–Trinajstić information content (AvgIpc) is 3.67. The molecule has 0 spiro atoms. The van der Waals surface area contributed by atoms with E-state index in [0.717, 1.165) is 24.8 Å². The van der Waals surface area contributed by atoms with Gasteiger partial charge >= 0.3 is 0 Å². The van der Waals surface area contributed by atoms with Crippen molar-refractivity contribution in [2.24, 2.45) is 17.3 Å². The molecule has 1 N–H and O–H groups in total. The summed E-state index contributed by atoms with van der Waals surface area (Å²) in [7, 11) is 3.43. The number of pyridine rings is 1. The summed E-state index contributed by atoms with van der Waals surface area (Å²) >= 11 is 0. The molecule has 3 aliphatic rings. The van der Waals surface area contributed by atoms with Crippen LogP contribution < -0.4 is 5.56 Å². The summed E-state index contributed by atoms with van der Waals surface area (Å²) < 4.78 is 1.51. The molecule has 4 rings (SSSR count). The second kappa shape index (κ2) is 10.3. The molecule has 1 aromatic rings. The quantitative estimate of drug-likeness (QED) is 0.614. The predicted octanol–water partition coefficient (Wildman–Crippen LogP) is 4.02. The van der Waals surface area contributed by atoms with Crippen molar-refractivity contribution in [3.8, 4) is 0 Å². The summed E-state index contributed by atoms with van der Waals surface area (Å²) in [5.41, 5.74) is -0.580. The van der Waals surface area contributed by atoms with Crippen LogP contribution in [0.2, 0.25) is 0 Å². The molecule has 36 heavy (non-hydrogen) atoms. The molecule has 2 aliphatic carbocycles. The number of aliphatic hydroxyl groups is 1. The number of carbonyl (C=O) groups is 2. The van der Waals surface area contributed by atoms with Gasteiger partial charge in [0.1, 0.15) is 0 Å². The van der Waals surface area contributed by atoms with Crippen LogP contribution in [0.4, 0.5) is 0 Å². The van der Waals surface area contributed by atoms with E-state index < -0.39 is 11.0 Å². The van der Waals surface area contributed by atoms with Gasteiger partial charge in [0.15, 0.2) is 0 Å². The van der Waals surface area contributed by atoms with E-state index in [1.165, 1.54) is 41.6 Å². The van der Waals surface area contributed by atoms with Crippen molar-refractivity contribution in [2.45, 2.75) is 96.6 Å². The third-order valence-corrected chi connectivity index (χ3v) is 9.03. The summed E-state index contributed by atoms with van der Waals surface area (Å²) in [4.78, 5) is 42.7. The standard InChI is InChI=1S/C29H45N3O4/c1-20(15-21-9-7-6-8-10-21)26(34)31-14-13-29(36,28(2,3)18-31)19-32-17-24(27(35)30(4)5)23(16-25(32)33)22-11-12-22/h16-17,20-22,36H,6-15,18-19H2,1-5H3/t20-,29+/m1/s1. The van der Waals surface area contributed by atoms with Crippen LogP contribution >= 0.6 is 0 Å². The zero-order chi connectivity index (χ0) is 26.3. The van der Waals surface area contributed by atoms with E-state index >= 15 is 0 Å². The normalized spacial score (nSPS) is 25.4. The highest BCUT2D eigenvalue weighted by Crippen LogP contribution is 2.43. The number of amides is 2. The molecule has 0 bridgehead atoms. The van der Waals surface area contributed by atoms with Crippen LogP contribution in [-0.4, -0.2) is 64.1 Å². The van der Waals surface area contributed by atoms with Crippen molar-refractivity contribution in [3.05, 3.63) is 33.7 Å². The van der Waals surface area contributed by atoms with Crippen molar-refractivity contribution >= 4 is 11.8 Å². The Hall–Kier alpha value is -2.15. The number of nitrogens with zero attached hydrogens (tertiary/aromatic N) is 3. The van der Waals surface area contributed by atoms with E-state index in [2.05, 4.69) is 6.92 Å². The molecule has 0 unspecified atom stereocenters. The van der Waals surface area contributed by atoms with Gasteiger partial charge in [0.05, 0.1) is 17.7 Å². The molecular formula is C29H45N3O4. The number of rotatable bonds is 7. The molecule has 2 saturated carbocycles. The Kier molecular flexibility index (Phi) is 7.70. The number of hydrogen-bond donors (Lipinski definition) is 1. The van der Waals surface area contributed by atoms with Crippen LogP contribution in [0, 0.1) is 17.3 Å². The monoisotopic (exact) mass is 499 g/mol. The van der Waals surface area contributed by atoms with Gasteiger partial charge in [-0.3, -0.25) is 14.4 Å². The number of aromatic nitrogens is 1. The molecule has 2 atom stereocenters. The Morgan fingerprint density at radius 2 is 1.81 bits per heavy atom. The van der Waals surface area contributed by atoms with Crippen LogP contribution in [-0.2, 0) is 11.3 Å². The lowest BCUT2D eigenvalue weighted by Crippen LogP contribution is -2.61. The maximum absolute atomic E-state index is 13.3. The highest BCUT2D eigenvalue weighted by atomic mass is 16.3. The molecule has 2 amide bonds. The number of carbonyl (C=O) groups excluding carboxylic acids is 2. The fourth-order valence-corrected chi connectivity index (χ4v) is 6.32. The molecule has 7 nitrogen and oxygen atoms in total. The first-order valence-corrected chi connectivity index (χ1v) is 13.9. The average molecular weight is 500 g/mol. The number of likely N-dealkylation sites (tertiary alicyclic amines) is 1. The highest BCUT2D eigenvalue weighted by Gasteiger charge is 2.49. The highest BCUT2D eigenvalue weighted by molar-refractivity contribution is 5.95. The Bertz CT molecular complexity index is 1040. The second-order valence-electron chi connectivity index (χ2n) is 12.6. The van der Waals surface area contributed by atoms with E-state index in [4.69, 9.17) is 0 Å². The molecule has 200 valence electrons. The fraction of sp³-hybridized carbons (Fsp3) is 0.759. The topological polar surface area (TPSA) is 82.8 Å². The third-order valence-electron chi connectivity index (χ3n) is 9.03. The zero-order valence-corrected chi connectivity index (χ0v) is 22.9. The lowest BCUT2D eigenvalue weighted by atomic mass is 9.69. The number of piperidine rings is 1. The van der Waals surface area contributed by atoms with Gasteiger partial charge in [-0.15, -0.1) is 0 Å². The van der Waals surface area contributed by atoms with Crippen molar-refractivity contribution in [1.29, 1.82) is 0 Å². The largest absolute Gasteiger partial charge is 0.387 e. The Labute approximate surface area is 215 Å². The SMILES string of the molecule is C[C@H](CC1CCCCC1)C(=O)N1CC[C@](O)(Cn2cc(C(=O)N(C)C)c(C3CC3)cc2=O)C(C)(C)C1. The summed E-state index contributed by atoms with van der Waals surface area (Å²) in [5.74, 6) is 0.977. The first-order valence-electron chi connectivity index (χ1n) is 13.9. The van der Waals surface area contributed by atoms with E-state index in [0.29, 0.717) is 31.0 Å². The van der Waals surface area contributed by atoms with Crippen molar-refractivity contribution < 1.29 is 14.7 Å². The second-order valence-corrected chi connectivity index (χ2v) is 12.6. The Morgan fingerprint density at radius 1 is 1.14 bits per heavy atom. The predicted molar refractivity (Wildman–Crippen MR) is 141 cm³/mol. The molecule has 1 saturated heterocycles. The van der Waals surface area contributed by atoms with Crippen LogP contribution in [0.15, 0.2) is 17.1 Å². The van der Waals surface area contributed by atoms with Gasteiger partial charge in [-0.05, 0) is 43.1 Å². The Morgan fingerprint density at radius 3 is 2.39 bits per heavy atom. The summed E-state index contributed by atoms with van der Waals surface area (Å²) in [6.45, 7) is 7.05. The zero-order valence-electron chi connectivity index (χ0n) is 22.9. The smallest absolute Gasteiger partial charge is 0.255 e. The maximum atomic E-state index is 13.3.